The van der Waals surface area contributed by atoms with Crippen LogP contribution < -0.4 is 56.1 Å². The Balaban J connectivity index is -0.000000121. The standard InChI is InChI=1S/C10H8.3ClH.Li.Mg/c1-2-6-10-8-4-3-7-9(10)5-1;;;;;/h1-8H;3*1H;;/q;;;;+1;+2/p-3. The third-order valence-corrected chi connectivity index (χ3v) is 1.66. The molecule has 0 N–H and O–H groups in total. The molecule has 0 radical (unpaired) electrons. The average molecular weight is 266 g/mol. The van der Waals surface area contributed by atoms with Crippen LogP contribution in [-0.2, 0) is 0 Å². The Kier molecular flexibility index (Phi) is 21.6. The van der Waals surface area contributed by atoms with Gasteiger partial charge in [-0.3, -0.25) is 0 Å². The van der Waals surface area contributed by atoms with E-state index in [4.69, 9.17) is 0 Å². The van der Waals surface area contributed by atoms with Crippen LogP contribution in [0.4, 0.5) is 0 Å². The monoisotopic (exact) mass is 264 g/mol. The predicted octanol–water partition coefficient (Wildman–Crippen LogP) is -9.53. The van der Waals surface area contributed by atoms with Crippen molar-refractivity contribution in [3.63, 3.8) is 0 Å². The van der Waals surface area contributed by atoms with E-state index in [1.165, 1.54) is 10.8 Å². The van der Waals surface area contributed by atoms with Crippen molar-refractivity contribution in [3.8, 4) is 0 Å². The van der Waals surface area contributed by atoms with E-state index in [9.17, 15) is 0 Å². The first-order valence-corrected chi connectivity index (χ1v) is 3.40. The normalized spacial score (nSPS) is 6.67. The number of halogens is 3. The zero-order valence-corrected chi connectivity index (χ0v) is 12.1. The molecule has 0 aliphatic rings. The Hall–Kier alpha value is 0.934. The second kappa shape index (κ2) is 13.0. The van der Waals surface area contributed by atoms with E-state index in [0.29, 0.717) is 0 Å². The van der Waals surface area contributed by atoms with Crippen molar-refractivity contribution < 1.29 is 56.1 Å². The van der Waals surface area contributed by atoms with Crippen LogP contribution in [0.25, 0.3) is 10.8 Å². The summed E-state index contributed by atoms with van der Waals surface area (Å²) >= 11 is 0. The minimum atomic E-state index is 0. The SMILES string of the molecule is [Cl-].[Cl-].[Cl-].[Li+].[Mg+2].c1ccc2ccccc2c1. The predicted molar refractivity (Wildman–Crippen MR) is 49.7 cm³/mol. The van der Waals surface area contributed by atoms with Crippen molar-refractivity contribution in [1.82, 2.24) is 0 Å². The molecule has 0 heterocycles. The molecule has 0 unspecified atom stereocenters. The number of fused-ring (bicyclic) bond motifs is 1. The Morgan fingerprint density at radius 2 is 0.733 bits per heavy atom. The summed E-state index contributed by atoms with van der Waals surface area (Å²) in [7, 11) is 0. The Bertz CT molecular complexity index is 292. The van der Waals surface area contributed by atoms with Crippen molar-refractivity contribution in [2.45, 2.75) is 0 Å². The van der Waals surface area contributed by atoms with Crippen molar-refractivity contribution in [2.75, 3.05) is 0 Å². The molecule has 5 heteroatoms. The second-order valence-corrected chi connectivity index (χ2v) is 2.35. The molecule has 2 aromatic carbocycles. The van der Waals surface area contributed by atoms with E-state index in [-0.39, 0.29) is 79.1 Å². The third kappa shape index (κ3) is 6.97. The summed E-state index contributed by atoms with van der Waals surface area (Å²) in [5.41, 5.74) is 0. The molecule has 0 amide bonds. The molecular formula is C10H8Cl3LiMg. The van der Waals surface area contributed by atoms with Crippen LogP contribution in [0.5, 0.6) is 0 Å². The van der Waals surface area contributed by atoms with Crippen molar-refractivity contribution in [3.05, 3.63) is 48.5 Å². The number of benzene rings is 2. The number of rotatable bonds is 0. The van der Waals surface area contributed by atoms with Crippen LogP contribution in [0.3, 0.4) is 0 Å². The van der Waals surface area contributed by atoms with E-state index >= 15 is 0 Å². The minimum Gasteiger partial charge on any atom is -1.00 e. The van der Waals surface area contributed by atoms with Gasteiger partial charge in [-0.05, 0) is 10.8 Å². The van der Waals surface area contributed by atoms with E-state index < -0.39 is 0 Å². The van der Waals surface area contributed by atoms with Crippen molar-refractivity contribution in [2.24, 2.45) is 0 Å². The molecule has 0 aromatic heterocycles. The van der Waals surface area contributed by atoms with E-state index in [1.807, 2.05) is 0 Å². The van der Waals surface area contributed by atoms with Gasteiger partial charge in [0.05, 0.1) is 0 Å². The van der Waals surface area contributed by atoms with Crippen molar-refractivity contribution in [1.29, 1.82) is 0 Å². The molecule has 72 valence electrons. The van der Waals surface area contributed by atoms with Crippen LogP contribution in [0.15, 0.2) is 48.5 Å². The maximum atomic E-state index is 2.12. The maximum Gasteiger partial charge on any atom is 2.00 e. The van der Waals surface area contributed by atoms with Gasteiger partial charge < -0.3 is 37.2 Å². The van der Waals surface area contributed by atoms with Gasteiger partial charge in [0.15, 0.2) is 0 Å². The summed E-state index contributed by atoms with van der Waals surface area (Å²) in [6.07, 6.45) is 0. The average Bonchev–Trinajstić information content (AvgIpc) is 2.05. The molecule has 0 spiro atoms. The second-order valence-electron chi connectivity index (χ2n) is 2.35. The van der Waals surface area contributed by atoms with Gasteiger partial charge in [0.1, 0.15) is 0 Å². The molecule has 2 aromatic rings. The quantitative estimate of drug-likeness (QED) is 0.415. The smallest absolute Gasteiger partial charge is 1.00 e. The van der Waals surface area contributed by atoms with E-state index in [2.05, 4.69) is 48.5 Å². The Morgan fingerprint density at radius 3 is 0.933 bits per heavy atom. The van der Waals surface area contributed by atoms with Gasteiger partial charge in [0.2, 0.25) is 0 Å². The van der Waals surface area contributed by atoms with Crippen LogP contribution in [0, 0.1) is 0 Å². The molecule has 0 aliphatic carbocycles. The molecule has 15 heavy (non-hydrogen) atoms. The van der Waals surface area contributed by atoms with Crippen molar-refractivity contribution >= 4 is 33.8 Å². The zero-order valence-electron chi connectivity index (χ0n) is 8.46. The molecule has 2 rings (SSSR count). The molecule has 0 bridgehead atoms. The van der Waals surface area contributed by atoms with Crippen LogP contribution in [-0.4, -0.2) is 23.1 Å². The van der Waals surface area contributed by atoms with Gasteiger partial charge in [0, 0.05) is 0 Å². The maximum absolute atomic E-state index is 2.12. The van der Waals surface area contributed by atoms with Gasteiger partial charge in [-0.25, -0.2) is 0 Å². The first-order chi connectivity index (χ1) is 4.97. The summed E-state index contributed by atoms with van der Waals surface area (Å²) in [5.74, 6) is 0. The summed E-state index contributed by atoms with van der Waals surface area (Å²) < 4.78 is 0. The Labute approximate surface area is 137 Å². The van der Waals surface area contributed by atoms with Gasteiger partial charge in [-0.2, -0.15) is 0 Å². The molecule has 0 fully saturated rings. The Morgan fingerprint density at radius 1 is 0.533 bits per heavy atom. The van der Waals surface area contributed by atoms with Crippen LogP contribution in [0.2, 0.25) is 0 Å². The van der Waals surface area contributed by atoms with Crippen LogP contribution in [0.1, 0.15) is 0 Å². The molecule has 0 saturated carbocycles. The fourth-order valence-corrected chi connectivity index (χ4v) is 1.13. The number of hydrogen-bond acceptors (Lipinski definition) is 0. The molecule has 0 nitrogen and oxygen atoms in total. The minimum absolute atomic E-state index is 0. The van der Waals surface area contributed by atoms with Gasteiger partial charge >= 0.3 is 41.9 Å². The first kappa shape index (κ1) is 25.0. The zero-order chi connectivity index (χ0) is 6.81. The van der Waals surface area contributed by atoms with Gasteiger partial charge in [0.25, 0.3) is 0 Å². The summed E-state index contributed by atoms with van der Waals surface area (Å²) in [6, 6.07) is 16.7. The molecule has 0 atom stereocenters. The molecular weight excluding hydrogens is 258 g/mol. The fourth-order valence-electron chi connectivity index (χ4n) is 1.13. The summed E-state index contributed by atoms with van der Waals surface area (Å²) in [4.78, 5) is 0. The van der Waals surface area contributed by atoms with Crippen LogP contribution >= 0.6 is 0 Å². The first-order valence-electron chi connectivity index (χ1n) is 3.40. The summed E-state index contributed by atoms with van der Waals surface area (Å²) in [5, 5.41) is 2.62. The third-order valence-electron chi connectivity index (χ3n) is 1.66. The van der Waals surface area contributed by atoms with E-state index in [0.717, 1.165) is 0 Å². The fraction of sp³-hybridized carbons (Fsp3) is 0. The number of hydrogen-bond donors (Lipinski definition) is 0. The molecule has 0 saturated heterocycles. The van der Waals surface area contributed by atoms with Gasteiger partial charge in [-0.1, -0.05) is 48.5 Å². The topological polar surface area (TPSA) is 0 Å². The largest absolute Gasteiger partial charge is 2.00 e. The van der Waals surface area contributed by atoms with E-state index in [1.54, 1.807) is 0 Å². The molecule has 0 aliphatic heterocycles. The van der Waals surface area contributed by atoms with Gasteiger partial charge in [-0.15, -0.1) is 0 Å². The summed E-state index contributed by atoms with van der Waals surface area (Å²) in [6.45, 7) is 0.